The number of rotatable bonds is 6. The molecule has 1 rings (SSSR count). The zero-order valence-electron chi connectivity index (χ0n) is 11.5. The zero-order valence-corrected chi connectivity index (χ0v) is 14.7. The summed E-state index contributed by atoms with van der Waals surface area (Å²) < 4.78 is 26.4. The van der Waals surface area contributed by atoms with E-state index in [4.69, 9.17) is 11.5 Å². The lowest BCUT2D eigenvalue weighted by atomic mass is 10.2. The number of nitrogens with two attached hydrogens (primary N) is 2. The number of halogens is 1. The van der Waals surface area contributed by atoms with E-state index in [1.54, 1.807) is 24.3 Å². The largest absolute Gasteiger partial charge is 0.370 e. The van der Waals surface area contributed by atoms with Gasteiger partial charge in [-0.3, -0.25) is 0 Å². The third-order valence-corrected chi connectivity index (χ3v) is 3.80. The summed E-state index contributed by atoms with van der Waals surface area (Å²) >= 11 is 0. The van der Waals surface area contributed by atoms with Gasteiger partial charge in [-0.1, -0.05) is 26.0 Å². The Hall–Kier alpha value is -0.870. The van der Waals surface area contributed by atoms with Crippen LogP contribution in [0.2, 0.25) is 0 Å². The van der Waals surface area contributed by atoms with Crippen molar-refractivity contribution in [1.82, 2.24) is 4.72 Å². The molecular formula is C12H21IN4O2S. The quantitative estimate of drug-likeness (QED) is 0.368. The first kappa shape index (κ1) is 19.1. The van der Waals surface area contributed by atoms with Crippen molar-refractivity contribution in [2.75, 3.05) is 6.54 Å². The van der Waals surface area contributed by atoms with Crippen molar-refractivity contribution >= 4 is 40.0 Å². The molecule has 0 aliphatic heterocycles. The Balaban J connectivity index is 0.00000361. The number of sulfonamides is 1. The van der Waals surface area contributed by atoms with E-state index in [2.05, 4.69) is 9.71 Å². The topological polar surface area (TPSA) is 111 Å². The van der Waals surface area contributed by atoms with E-state index in [1.165, 1.54) is 0 Å². The molecule has 0 fully saturated rings. The summed E-state index contributed by atoms with van der Waals surface area (Å²) in [6.45, 7) is 4.64. The normalized spacial score (nSPS) is 10.9. The number of guanidine groups is 1. The fourth-order valence-corrected chi connectivity index (χ4v) is 2.53. The van der Waals surface area contributed by atoms with Crippen molar-refractivity contribution in [3.05, 3.63) is 29.8 Å². The monoisotopic (exact) mass is 412 g/mol. The summed E-state index contributed by atoms with van der Waals surface area (Å²) in [5.41, 5.74) is 11.3. The Morgan fingerprint density at radius 3 is 2.25 bits per heavy atom. The fraction of sp³-hybridized carbons (Fsp3) is 0.417. The first-order valence-electron chi connectivity index (χ1n) is 5.95. The van der Waals surface area contributed by atoms with Crippen molar-refractivity contribution < 1.29 is 8.42 Å². The smallest absolute Gasteiger partial charge is 0.240 e. The van der Waals surface area contributed by atoms with E-state index in [0.717, 1.165) is 5.56 Å². The maximum Gasteiger partial charge on any atom is 0.240 e. The van der Waals surface area contributed by atoms with Gasteiger partial charge in [-0.15, -0.1) is 24.0 Å². The Kier molecular flexibility index (Phi) is 8.06. The molecule has 0 amide bonds. The van der Waals surface area contributed by atoms with Gasteiger partial charge in [-0.2, -0.15) is 0 Å². The van der Waals surface area contributed by atoms with E-state index in [0.29, 0.717) is 13.1 Å². The maximum absolute atomic E-state index is 11.9. The number of hydrogen-bond acceptors (Lipinski definition) is 3. The molecule has 20 heavy (non-hydrogen) atoms. The van der Waals surface area contributed by atoms with Crippen molar-refractivity contribution in [3.63, 3.8) is 0 Å². The molecule has 6 nitrogen and oxygen atoms in total. The molecule has 1 aromatic rings. The van der Waals surface area contributed by atoms with E-state index in [9.17, 15) is 8.42 Å². The summed E-state index contributed by atoms with van der Waals surface area (Å²) in [5, 5.41) is 0. The van der Waals surface area contributed by atoms with Crippen molar-refractivity contribution in [2.45, 2.75) is 25.3 Å². The molecule has 0 aromatic heterocycles. The van der Waals surface area contributed by atoms with E-state index in [1.807, 2.05) is 13.8 Å². The Morgan fingerprint density at radius 2 is 1.80 bits per heavy atom. The highest BCUT2D eigenvalue weighted by atomic mass is 127. The summed E-state index contributed by atoms with van der Waals surface area (Å²) in [6, 6.07) is 6.47. The summed E-state index contributed by atoms with van der Waals surface area (Å²) in [6.07, 6.45) is 0. The van der Waals surface area contributed by atoms with Crippen LogP contribution < -0.4 is 16.2 Å². The molecule has 114 valence electrons. The molecule has 8 heteroatoms. The van der Waals surface area contributed by atoms with Gasteiger partial charge >= 0.3 is 0 Å². The SMILES string of the molecule is CC(C)CNS(=O)(=O)c1ccc(CN=C(N)N)cc1.I. The molecule has 0 heterocycles. The lowest BCUT2D eigenvalue weighted by Gasteiger charge is -2.09. The summed E-state index contributed by atoms with van der Waals surface area (Å²) in [4.78, 5) is 4.09. The van der Waals surface area contributed by atoms with E-state index < -0.39 is 10.0 Å². The Morgan fingerprint density at radius 1 is 1.25 bits per heavy atom. The summed E-state index contributed by atoms with van der Waals surface area (Å²) in [7, 11) is -3.44. The van der Waals surface area contributed by atoms with Crippen molar-refractivity contribution in [2.24, 2.45) is 22.4 Å². The van der Waals surface area contributed by atoms with Crippen LogP contribution in [-0.4, -0.2) is 20.9 Å². The standard InChI is InChI=1S/C12H20N4O2S.HI/c1-9(2)7-16-19(17,18)11-5-3-10(4-6-11)8-15-12(13)14;/h3-6,9,16H,7-8H2,1-2H3,(H4,13,14,15);1H. The highest BCUT2D eigenvalue weighted by Gasteiger charge is 2.13. The molecule has 0 spiro atoms. The van der Waals surface area contributed by atoms with Gasteiger partial charge in [-0.25, -0.2) is 18.1 Å². The van der Waals surface area contributed by atoms with Gasteiger partial charge < -0.3 is 11.5 Å². The zero-order chi connectivity index (χ0) is 14.5. The highest BCUT2D eigenvalue weighted by molar-refractivity contribution is 14.0. The molecule has 0 aliphatic carbocycles. The second-order valence-corrected chi connectivity index (χ2v) is 6.40. The van der Waals surface area contributed by atoms with Crippen LogP contribution in [0, 0.1) is 5.92 Å². The van der Waals surface area contributed by atoms with E-state index >= 15 is 0 Å². The third-order valence-electron chi connectivity index (χ3n) is 2.36. The molecule has 0 bridgehead atoms. The third kappa shape index (κ3) is 6.53. The minimum Gasteiger partial charge on any atom is -0.370 e. The predicted octanol–water partition coefficient (Wildman–Crippen LogP) is 1.01. The lowest BCUT2D eigenvalue weighted by molar-refractivity contribution is 0.560. The Bertz CT molecular complexity index is 537. The van der Waals surface area contributed by atoms with Crippen LogP contribution in [-0.2, 0) is 16.6 Å². The van der Waals surface area contributed by atoms with Crippen LogP contribution >= 0.6 is 24.0 Å². The molecule has 1 aromatic carbocycles. The molecule has 0 saturated heterocycles. The van der Waals surface area contributed by atoms with Gasteiger partial charge in [-0.05, 0) is 23.6 Å². The molecule has 0 saturated carbocycles. The fourth-order valence-electron chi connectivity index (χ4n) is 1.32. The van der Waals surface area contributed by atoms with Gasteiger partial charge in [0.25, 0.3) is 0 Å². The van der Waals surface area contributed by atoms with Crippen LogP contribution in [0.5, 0.6) is 0 Å². The van der Waals surface area contributed by atoms with Gasteiger partial charge in [0.2, 0.25) is 10.0 Å². The molecule has 5 N–H and O–H groups in total. The Labute approximate surface area is 137 Å². The molecule has 0 atom stereocenters. The van der Waals surface area contributed by atoms with Crippen molar-refractivity contribution in [1.29, 1.82) is 0 Å². The number of benzene rings is 1. The van der Waals surface area contributed by atoms with Gasteiger partial charge in [0, 0.05) is 6.54 Å². The van der Waals surface area contributed by atoms with Gasteiger partial charge in [0.05, 0.1) is 11.4 Å². The second kappa shape index (κ2) is 8.42. The second-order valence-electron chi connectivity index (χ2n) is 4.63. The number of aliphatic imine (C=N–C) groups is 1. The molecule has 0 unspecified atom stereocenters. The molecular weight excluding hydrogens is 391 g/mol. The first-order valence-corrected chi connectivity index (χ1v) is 7.43. The summed E-state index contributed by atoms with van der Waals surface area (Å²) in [5.74, 6) is 0.270. The van der Waals surface area contributed by atoms with Crippen LogP contribution in [0.25, 0.3) is 0 Å². The molecule has 0 radical (unpaired) electrons. The average Bonchev–Trinajstić information content (AvgIpc) is 2.34. The number of nitrogens with zero attached hydrogens (tertiary/aromatic N) is 1. The number of hydrogen-bond donors (Lipinski definition) is 3. The first-order chi connectivity index (χ1) is 8.81. The molecule has 0 aliphatic rings. The van der Waals surface area contributed by atoms with Crippen LogP contribution in [0.1, 0.15) is 19.4 Å². The van der Waals surface area contributed by atoms with Crippen molar-refractivity contribution in [3.8, 4) is 0 Å². The maximum atomic E-state index is 11.9. The highest BCUT2D eigenvalue weighted by Crippen LogP contribution is 2.11. The van der Waals surface area contributed by atoms with Gasteiger partial charge in [0.1, 0.15) is 0 Å². The van der Waals surface area contributed by atoms with Crippen LogP contribution in [0.3, 0.4) is 0 Å². The lowest BCUT2D eigenvalue weighted by Crippen LogP contribution is -2.27. The van der Waals surface area contributed by atoms with Crippen LogP contribution in [0.4, 0.5) is 0 Å². The van der Waals surface area contributed by atoms with Crippen LogP contribution in [0.15, 0.2) is 34.2 Å². The van der Waals surface area contributed by atoms with E-state index in [-0.39, 0.29) is 40.7 Å². The average molecular weight is 412 g/mol. The number of nitrogens with one attached hydrogen (secondary N) is 1. The predicted molar refractivity (Wildman–Crippen MR) is 91.4 cm³/mol. The van der Waals surface area contributed by atoms with Gasteiger partial charge in [0.15, 0.2) is 5.96 Å². The minimum absolute atomic E-state index is 0. The minimum atomic E-state index is -3.44.